The van der Waals surface area contributed by atoms with E-state index in [0.29, 0.717) is 12.3 Å². The smallest absolute Gasteiger partial charge is 0.343 e. The number of carbonyl (C=O) groups excluding carboxylic acids is 1. The maximum Gasteiger partial charge on any atom is 0.343 e. The maximum absolute atomic E-state index is 11.3. The molecule has 6 heteroatoms. The van der Waals surface area contributed by atoms with Gasteiger partial charge in [0.2, 0.25) is 0 Å². The number of rotatable bonds is 2. The molecule has 0 aliphatic rings. The van der Waals surface area contributed by atoms with Gasteiger partial charge in [0.1, 0.15) is 5.76 Å². The third-order valence-electron chi connectivity index (χ3n) is 1.62. The molecule has 2 aromatic rings. The minimum absolute atomic E-state index is 0.334. The third kappa shape index (κ3) is 1.79. The average molecular weight is 192 g/mol. The quantitative estimate of drug-likeness (QED) is 0.757. The van der Waals surface area contributed by atoms with Crippen LogP contribution in [0.1, 0.15) is 5.76 Å². The van der Waals surface area contributed by atoms with Crippen LogP contribution in [0.15, 0.2) is 35.2 Å². The number of furan rings is 1. The number of nitrogens with zero attached hydrogens (tertiary/aromatic N) is 3. The number of nitrogens with one attached hydrogen (secondary N) is 1. The number of amides is 1. The number of aromatic nitrogens is 3. The molecule has 6 nitrogen and oxygen atoms in total. The molecule has 0 aliphatic carbocycles. The Hall–Kier alpha value is -2.11. The molecule has 0 unspecified atom stereocenters. The Morgan fingerprint density at radius 3 is 3.21 bits per heavy atom. The van der Waals surface area contributed by atoms with E-state index < -0.39 is 0 Å². The van der Waals surface area contributed by atoms with E-state index in [2.05, 4.69) is 15.6 Å². The molecule has 2 heterocycles. The summed E-state index contributed by atoms with van der Waals surface area (Å²) in [6.45, 7) is 0.339. The van der Waals surface area contributed by atoms with Gasteiger partial charge in [-0.15, -0.1) is 5.10 Å². The lowest BCUT2D eigenvalue weighted by molar-refractivity contribution is 0.237. The Morgan fingerprint density at radius 1 is 1.64 bits per heavy atom. The summed E-state index contributed by atoms with van der Waals surface area (Å²) < 4.78 is 6.16. The fourth-order valence-corrected chi connectivity index (χ4v) is 0.973. The predicted molar refractivity (Wildman–Crippen MR) is 46.4 cm³/mol. The van der Waals surface area contributed by atoms with Gasteiger partial charge in [0.15, 0.2) is 0 Å². The van der Waals surface area contributed by atoms with Crippen molar-refractivity contribution in [3.63, 3.8) is 0 Å². The molecule has 0 fully saturated rings. The van der Waals surface area contributed by atoms with Gasteiger partial charge in [-0.3, -0.25) is 0 Å². The molecule has 72 valence electrons. The Kier molecular flexibility index (Phi) is 2.26. The Bertz CT molecular complexity index is 393. The molecule has 0 aliphatic heterocycles. The number of hydrogen-bond acceptors (Lipinski definition) is 4. The van der Waals surface area contributed by atoms with Gasteiger partial charge in [-0.25, -0.2) is 4.79 Å². The molecule has 0 spiro atoms. The van der Waals surface area contributed by atoms with Crippen molar-refractivity contribution in [2.24, 2.45) is 0 Å². The first-order chi connectivity index (χ1) is 6.86. The van der Waals surface area contributed by atoms with E-state index >= 15 is 0 Å². The lowest BCUT2D eigenvalue weighted by atomic mass is 10.4. The van der Waals surface area contributed by atoms with Crippen molar-refractivity contribution in [2.45, 2.75) is 6.54 Å². The SMILES string of the molecule is O=C(NCc1ccco1)n1ccnn1. The van der Waals surface area contributed by atoms with E-state index in [1.54, 1.807) is 18.4 Å². The maximum atomic E-state index is 11.3. The second-order valence-electron chi connectivity index (χ2n) is 2.59. The van der Waals surface area contributed by atoms with Crippen molar-refractivity contribution in [2.75, 3.05) is 0 Å². The first-order valence-corrected chi connectivity index (χ1v) is 4.03. The molecule has 1 amide bonds. The zero-order valence-electron chi connectivity index (χ0n) is 7.25. The van der Waals surface area contributed by atoms with Crippen molar-refractivity contribution in [1.29, 1.82) is 0 Å². The lowest BCUT2D eigenvalue weighted by Crippen LogP contribution is -2.28. The second kappa shape index (κ2) is 3.73. The largest absolute Gasteiger partial charge is 0.467 e. The average Bonchev–Trinajstić information content (AvgIpc) is 2.87. The van der Waals surface area contributed by atoms with Gasteiger partial charge in [-0.2, -0.15) is 4.68 Å². The molecule has 0 bridgehead atoms. The minimum atomic E-state index is -0.334. The lowest BCUT2D eigenvalue weighted by Gasteiger charge is -2.00. The summed E-state index contributed by atoms with van der Waals surface area (Å²) in [5.41, 5.74) is 0. The summed E-state index contributed by atoms with van der Waals surface area (Å²) in [6.07, 6.45) is 4.46. The van der Waals surface area contributed by atoms with Gasteiger partial charge in [0, 0.05) is 0 Å². The van der Waals surface area contributed by atoms with Crippen molar-refractivity contribution in [3.05, 3.63) is 36.5 Å². The van der Waals surface area contributed by atoms with Crippen LogP contribution in [0.2, 0.25) is 0 Å². The molecule has 0 saturated heterocycles. The van der Waals surface area contributed by atoms with Crippen LogP contribution in [-0.4, -0.2) is 21.0 Å². The van der Waals surface area contributed by atoms with Crippen LogP contribution in [0.3, 0.4) is 0 Å². The van der Waals surface area contributed by atoms with Crippen LogP contribution in [0.25, 0.3) is 0 Å². The summed E-state index contributed by atoms with van der Waals surface area (Å²) in [6, 6.07) is 3.21. The van der Waals surface area contributed by atoms with Crippen LogP contribution in [-0.2, 0) is 6.54 Å². The molecule has 2 rings (SSSR count). The Morgan fingerprint density at radius 2 is 2.57 bits per heavy atom. The first-order valence-electron chi connectivity index (χ1n) is 4.03. The van der Waals surface area contributed by atoms with Crippen LogP contribution < -0.4 is 5.32 Å². The summed E-state index contributed by atoms with van der Waals surface area (Å²) >= 11 is 0. The van der Waals surface area contributed by atoms with E-state index in [0.717, 1.165) is 4.68 Å². The second-order valence-corrected chi connectivity index (χ2v) is 2.59. The Labute approximate surface area is 79.5 Å². The van der Waals surface area contributed by atoms with Crippen molar-refractivity contribution >= 4 is 6.03 Å². The first kappa shape index (κ1) is 8.49. The van der Waals surface area contributed by atoms with E-state index in [-0.39, 0.29) is 6.03 Å². The highest BCUT2D eigenvalue weighted by atomic mass is 16.3. The third-order valence-corrected chi connectivity index (χ3v) is 1.62. The van der Waals surface area contributed by atoms with Gasteiger partial charge in [-0.1, -0.05) is 5.21 Å². The molecular weight excluding hydrogens is 184 g/mol. The zero-order chi connectivity index (χ0) is 9.80. The number of hydrogen-bond donors (Lipinski definition) is 1. The van der Waals surface area contributed by atoms with Gasteiger partial charge >= 0.3 is 6.03 Å². The summed E-state index contributed by atoms with van der Waals surface area (Å²) in [5.74, 6) is 0.693. The highest BCUT2D eigenvalue weighted by molar-refractivity contribution is 5.75. The molecule has 14 heavy (non-hydrogen) atoms. The van der Waals surface area contributed by atoms with Crippen molar-refractivity contribution in [3.8, 4) is 0 Å². The molecule has 0 radical (unpaired) electrons. The zero-order valence-corrected chi connectivity index (χ0v) is 7.25. The standard InChI is InChI=1S/C8H8N4O2/c13-8(12-4-3-10-11-12)9-6-7-2-1-5-14-7/h1-5H,6H2,(H,9,13). The highest BCUT2D eigenvalue weighted by Gasteiger charge is 2.04. The van der Waals surface area contributed by atoms with E-state index in [4.69, 9.17) is 4.42 Å². The Balaban J connectivity index is 1.90. The summed E-state index contributed by atoms with van der Waals surface area (Å²) in [7, 11) is 0. The van der Waals surface area contributed by atoms with Crippen LogP contribution >= 0.6 is 0 Å². The van der Waals surface area contributed by atoms with E-state index in [9.17, 15) is 4.79 Å². The normalized spacial score (nSPS) is 10.0. The van der Waals surface area contributed by atoms with Gasteiger partial charge in [-0.05, 0) is 12.1 Å². The van der Waals surface area contributed by atoms with E-state index in [1.165, 1.54) is 12.4 Å². The molecule has 0 saturated carbocycles. The predicted octanol–water partition coefficient (Wildman–Crippen LogP) is 0.629. The monoisotopic (exact) mass is 192 g/mol. The van der Waals surface area contributed by atoms with Crippen molar-refractivity contribution < 1.29 is 9.21 Å². The van der Waals surface area contributed by atoms with Crippen LogP contribution in [0.4, 0.5) is 4.79 Å². The van der Waals surface area contributed by atoms with Gasteiger partial charge in [0.25, 0.3) is 0 Å². The topological polar surface area (TPSA) is 73.0 Å². The molecule has 0 atom stereocenters. The van der Waals surface area contributed by atoms with Crippen molar-refractivity contribution in [1.82, 2.24) is 20.3 Å². The fourth-order valence-electron chi connectivity index (χ4n) is 0.973. The molecule has 1 N–H and O–H groups in total. The van der Waals surface area contributed by atoms with Gasteiger partial charge < -0.3 is 9.73 Å². The van der Waals surface area contributed by atoms with Crippen LogP contribution in [0.5, 0.6) is 0 Å². The molecular formula is C8H8N4O2. The molecule has 0 aromatic carbocycles. The van der Waals surface area contributed by atoms with Crippen LogP contribution in [0, 0.1) is 0 Å². The fraction of sp³-hybridized carbons (Fsp3) is 0.125. The minimum Gasteiger partial charge on any atom is -0.467 e. The molecule has 2 aromatic heterocycles. The summed E-state index contributed by atoms with van der Waals surface area (Å²) in [5, 5.41) is 9.67. The highest BCUT2D eigenvalue weighted by Crippen LogP contribution is 1.98. The van der Waals surface area contributed by atoms with E-state index in [1.807, 2.05) is 0 Å². The number of carbonyl (C=O) groups is 1. The van der Waals surface area contributed by atoms with Gasteiger partial charge in [0.05, 0.1) is 25.2 Å². The summed E-state index contributed by atoms with van der Waals surface area (Å²) in [4.78, 5) is 11.3.